The summed E-state index contributed by atoms with van der Waals surface area (Å²) in [5, 5.41) is 9.49. The third kappa shape index (κ3) is 9.70. The summed E-state index contributed by atoms with van der Waals surface area (Å²) in [7, 11) is 2.14. The number of piperidine rings is 2. The number of allylic oxidation sites excluding steroid dienone is 1. The zero-order chi connectivity index (χ0) is 33.5. The number of amides is 2. The zero-order valence-corrected chi connectivity index (χ0v) is 28.7. The van der Waals surface area contributed by atoms with Crippen LogP contribution in [0.3, 0.4) is 0 Å². The topological polar surface area (TPSA) is 135 Å². The summed E-state index contributed by atoms with van der Waals surface area (Å²) in [4.78, 5) is 36.3. The van der Waals surface area contributed by atoms with Gasteiger partial charge in [-0.1, -0.05) is 30.9 Å². The predicted molar refractivity (Wildman–Crippen MR) is 181 cm³/mol. The highest BCUT2D eigenvalue weighted by Crippen LogP contribution is 2.27. The van der Waals surface area contributed by atoms with E-state index in [4.69, 9.17) is 11.5 Å². The molecule has 0 radical (unpaired) electrons. The Balaban J connectivity index is 1.18. The minimum absolute atomic E-state index is 0.0541. The van der Waals surface area contributed by atoms with Crippen LogP contribution >= 0.6 is 0 Å². The Morgan fingerprint density at radius 1 is 0.915 bits per heavy atom. The van der Waals surface area contributed by atoms with Gasteiger partial charge in [-0.15, -0.1) is 0 Å². The lowest BCUT2D eigenvalue weighted by molar-refractivity contribution is -0.140. The Morgan fingerprint density at radius 2 is 1.62 bits per heavy atom. The van der Waals surface area contributed by atoms with Gasteiger partial charge in [-0.05, 0) is 59.2 Å². The van der Waals surface area contributed by atoms with E-state index in [1.54, 1.807) is 0 Å². The van der Waals surface area contributed by atoms with Crippen LogP contribution < -0.4 is 27.4 Å². The molecule has 0 aromatic carbocycles. The van der Waals surface area contributed by atoms with Gasteiger partial charge in [0.1, 0.15) is 12.3 Å². The number of hydrogen-bond acceptors (Lipinski definition) is 9. The molecule has 0 spiro atoms. The molecule has 5 rings (SSSR count). The Hall–Kier alpha value is -1.74. The number of carbonyl (C=O) groups is 2. The van der Waals surface area contributed by atoms with Crippen molar-refractivity contribution < 1.29 is 18.4 Å². The van der Waals surface area contributed by atoms with Crippen molar-refractivity contribution in [3.05, 3.63) is 11.6 Å². The molecule has 2 amide bonds. The van der Waals surface area contributed by atoms with Gasteiger partial charge in [0, 0.05) is 76.9 Å². The van der Waals surface area contributed by atoms with Crippen molar-refractivity contribution in [1.82, 2.24) is 35.6 Å². The monoisotopic (exact) mass is 665 g/mol. The quantitative estimate of drug-likeness (QED) is 0.194. The van der Waals surface area contributed by atoms with Gasteiger partial charge >= 0.3 is 0 Å². The Labute approximate surface area is 280 Å². The summed E-state index contributed by atoms with van der Waals surface area (Å²) in [5.74, 6) is -1.03. The van der Waals surface area contributed by atoms with Crippen LogP contribution in [0.5, 0.6) is 0 Å². The van der Waals surface area contributed by atoms with E-state index in [0.29, 0.717) is 44.9 Å². The first-order chi connectivity index (χ1) is 22.6. The molecule has 47 heavy (non-hydrogen) atoms. The van der Waals surface area contributed by atoms with Crippen molar-refractivity contribution in [2.45, 2.75) is 101 Å². The minimum atomic E-state index is -1.18. The average molecular weight is 666 g/mol. The number of alkyl halides is 2. The summed E-state index contributed by atoms with van der Waals surface area (Å²) < 4.78 is 30.4. The maximum atomic E-state index is 15.7. The summed E-state index contributed by atoms with van der Waals surface area (Å²) in [6.45, 7) is 9.59. The van der Waals surface area contributed by atoms with Gasteiger partial charge in [0.15, 0.2) is 0 Å². The van der Waals surface area contributed by atoms with Crippen LogP contribution in [0.4, 0.5) is 8.78 Å². The van der Waals surface area contributed by atoms with E-state index in [2.05, 4.69) is 37.7 Å². The van der Waals surface area contributed by atoms with Crippen LogP contribution in [-0.2, 0) is 9.59 Å². The lowest BCUT2D eigenvalue weighted by Gasteiger charge is -2.48. The van der Waals surface area contributed by atoms with E-state index >= 15 is 4.39 Å². The average Bonchev–Trinajstić information content (AvgIpc) is 3.03. The van der Waals surface area contributed by atoms with E-state index in [9.17, 15) is 14.0 Å². The Bertz CT molecular complexity index is 1040. The first-order valence-corrected chi connectivity index (χ1v) is 18.3. The van der Waals surface area contributed by atoms with Crippen molar-refractivity contribution in [1.29, 1.82) is 0 Å². The number of rotatable bonds is 7. The molecule has 6 unspecified atom stereocenters. The fourth-order valence-corrected chi connectivity index (χ4v) is 8.42. The molecular formula is C34H61F2N9O2. The summed E-state index contributed by atoms with van der Waals surface area (Å²) >= 11 is 0. The lowest BCUT2D eigenvalue weighted by Crippen LogP contribution is -2.67. The van der Waals surface area contributed by atoms with Crippen molar-refractivity contribution in [2.24, 2.45) is 23.3 Å². The third-order valence-corrected chi connectivity index (χ3v) is 11.3. The number of likely N-dealkylation sites (tertiary alicyclic amines) is 2. The first kappa shape index (κ1) is 36.5. The maximum Gasteiger partial charge on any atom is 0.228 e. The van der Waals surface area contributed by atoms with E-state index < -0.39 is 42.6 Å². The van der Waals surface area contributed by atoms with E-state index in [0.717, 1.165) is 76.9 Å². The zero-order valence-electron chi connectivity index (χ0n) is 28.7. The van der Waals surface area contributed by atoms with Crippen LogP contribution in [0.2, 0.25) is 0 Å². The van der Waals surface area contributed by atoms with Crippen LogP contribution in [0.25, 0.3) is 0 Å². The molecule has 4 fully saturated rings. The van der Waals surface area contributed by atoms with E-state index in [1.807, 2.05) is 17.9 Å². The SMILES string of the molecule is C/C1=C/C(C(C(=O)NC2CNCC(F)C2N2CCC(C(=O)N3CCN(C4CN(C)C4)CC3)CC2)C(N)N)NCC(F)CCCCCC1. The number of piperazine rings is 1. The molecule has 5 aliphatic heterocycles. The number of nitrogens with two attached hydrogens (primary N) is 2. The molecule has 268 valence electrons. The lowest BCUT2D eigenvalue weighted by atomic mass is 9.88. The fraction of sp³-hybridized carbons (Fsp3) is 0.882. The normalized spacial score (nSPS) is 34.1. The van der Waals surface area contributed by atoms with Crippen LogP contribution in [-0.4, -0.2) is 153 Å². The highest BCUT2D eigenvalue weighted by molar-refractivity contribution is 5.81. The van der Waals surface area contributed by atoms with Crippen LogP contribution in [0.1, 0.15) is 58.3 Å². The molecule has 13 heteroatoms. The highest BCUT2D eigenvalue weighted by Gasteiger charge is 2.43. The molecular weight excluding hydrogens is 604 g/mol. The first-order valence-electron chi connectivity index (χ1n) is 18.3. The summed E-state index contributed by atoms with van der Waals surface area (Å²) in [6.07, 6.45) is 5.47. The number of carbonyl (C=O) groups excluding carboxylic acids is 2. The Morgan fingerprint density at radius 3 is 2.30 bits per heavy atom. The molecule has 0 bridgehead atoms. The number of nitrogens with one attached hydrogen (secondary N) is 3. The second-order valence-corrected chi connectivity index (χ2v) is 14.9. The van der Waals surface area contributed by atoms with Crippen molar-refractivity contribution in [3.63, 3.8) is 0 Å². The highest BCUT2D eigenvalue weighted by atomic mass is 19.1. The molecule has 0 saturated carbocycles. The van der Waals surface area contributed by atoms with Crippen molar-refractivity contribution in [2.75, 3.05) is 79.0 Å². The van der Waals surface area contributed by atoms with Gasteiger partial charge in [0.05, 0.1) is 24.2 Å². The molecule has 4 saturated heterocycles. The molecule has 5 aliphatic rings. The number of halogens is 2. The second-order valence-electron chi connectivity index (χ2n) is 14.9. The minimum Gasteiger partial charge on any atom is -0.350 e. The second kappa shape index (κ2) is 17.3. The van der Waals surface area contributed by atoms with Crippen LogP contribution in [0.15, 0.2) is 11.6 Å². The number of likely N-dealkylation sites (N-methyl/N-ethyl adjacent to an activating group) is 1. The fourth-order valence-electron chi connectivity index (χ4n) is 8.42. The van der Waals surface area contributed by atoms with Gasteiger partial charge in [-0.25, -0.2) is 8.78 Å². The largest absolute Gasteiger partial charge is 0.350 e. The van der Waals surface area contributed by atoms with E-state index in [1.165, 1.54) is 0 Å². The molecule has 0 aromatic rings. The van der Waals surface area contributed by atoms with E-state index in [-0.39, 0.29) is 30.8 Å². The number of nitrogens with zero attached hydrogens (tertiary/aromatic N) is 4. The standard InChI is InChI=1S/C34H61F2N9O2/c1-23-7-5-3-4-6-8-25(35)18-40-28(17-23)30(32(37)38)33(46)41-29-20-39-19-27(36)31(29)44-11-9-24(10-12-44)34(47)45-15-13-43(14-16-45)26-21-42(2)22-26/h17,24-32,39-40H,3-16,18-22,37-38H2,1-2H3,(H,41,46)/b23-17-. The Kier molecular flexibility index (Phi) is 13.4. The molecule has 0 aliphatic carbocycles. The molecule has 6 atom stereocenters. The molecule has 0 aromatic heterocycles. The maximum absolute atomic E-state index is 15.7. The third-order valence-electron chi connectivity index (χ3n) is 11.3. The van der Waals surface area contributed by atoms with Crippen molar-refractivity contribution >= 4 is 11.8 Å². The van der Waals surface area contributed by atoms with Gasteiger partial charge in [0.2, 0.25) is 11.8 Å². The van der Waals surface area contributed by atoms with Gasteiger partial charge in [-0.3, -0.25) is 19.4 Å². The summed E-state index contributed by atoms with van der Waals surface area (Å²) in [5.41, 5.74) is 13.6. The summed E-state index contributed by atoms with van der Waals surface area (Å²) in [6, 6.07) is -0.944. The molecule has 7 N–H and O–H groups in total. The van der Waals surface area contributed by atoms with Crippen LogP contribution in [0, 0.1) is 11.8 Å². The molecule has 11 nitrogen and oxygen atoms in total. The van der Waals surface area contributed by atoms with Gasteiger partial charge < -0.3 is 37.2 Å². The smallest absolute Gasteiger partial charge is 0.228 e. The van der Waals surface area contributed by atoms with Gasteiger partial charge in [-0.2, -0.15) is 0 Å². The molecule has 5 heterocycles. The van der Waals surface area contributed by atoms with Gasteiger partial charge in [0.25, 0.3) is 0 Å². The van der Waals surface area contributed by atoms with Crippen molar-refractivity contribution in [3.8, 4) is 0 Å². The predicted octanol–water partition coefficient (Wildman–Crippen LogP) is 0.408. The number of hydrogen-bond donors (Lipinski definition) is 5.